The van der Waals surface area contributed by atoms with Gasteiger partial charge in [0.15, 0.2) is 0 Å². The molecule has 1 heterocycles. The summed E-state index contributed by atoms with van der Waals surface area (Å²) in [5.41, 5.74) is 2.94. The highest BCUT2D eigenvalue weighted by molar-refractivity contribution is 9.10. The van der Waals surface area contributed by atoms with Gasteiger partial charge in [0.05, 0.1) is 11.0 Å². The first-order valence-corrected chi connectivity index (χ1v) is 6.97. The van der Waals surface area contributed by atoms with Crippen molar-refractivity contribution >= 4 is 54.5 Å². The summed E-state index contributed by atoms with van der Waals surface area (Å²) in [6.45, 7) is 0. The molecule has 0 aliphatic heterocycles. The Balaban J connectivity index is 1.92. The van der Waals surface area contributed by atoms with Crippen molar-refractivity contribution in [1.82, 2.24) is 9.97 Å². The molecule has 0 unspecified atom stereocenters. The second-order valence-corrected chi connectivity index (χ2v) is 5.71. The number of fused-ring (bicyclic) bond motifs is 1. The van der Waals surface area contributed by atoms with Crippen LogP contribution in [0, 0.1) is 0 Å². The summed E-state index contributed by atoms with van der Waals surface area (Å²) >= 11 is 6.85. The average molecular weight is 367 g/mol. The number of imidazole rings is 1. The van der Waals surface area contributed by atoms with Crippen LogP contribution in [0.2, 0.25) is 0 Å². The van der Waals surface area contributed by atoms with Crippen LogP contribution in [0.25, 0.3) is 11.0 Å². The molecule has 5 heteroatoms. The molecule has 0 saturated heterocycles. The maximum absolute atomic E-state index is 4.47. The monoisotopic (exact) mass is 365 g/mol. The third-order valence-corrected chi connectivity index (χ3v) is 3.57. The fraction of sp³-hybridized carbons (Fsp3) is 0. The van der Waals surface area contributed by atoms with Crippen LogP contribution in [-0.2, 0) is 0 Å². The maximum Gasteiger partial charge on any atom is 0.205 e. The lowest BCUT2D eigenvalue weighted by Gasteiger charge is -2.01. The molecule has 0 aliphatic carbocycles. The van der Waals surface area contributed by atoms with Crippen LogP contribution in [0.4, 0.5) is 11.6 Å². The first kappa shape index (κ1) is 11.7. The lowest BCUT2D eigenvalue weighted by Crippen LogP contribution is -1.91. The Hall–Kier alpha value is -1.33. The lowest BCUT2D eigenvalue weighted by atomic mass is 10.3. The van der Waals surface area contributed by atoms with E-state index < -0.39 is 0 Å². The molecule has 0 amide bonds. The molecule has 3 aromatic rings. The largest absolute Gasteiger partial charge is 0.326 e. The predicted octanol–water partition coefficient (Wildman–Crippen LogP) is 4.83. The van der Waals surface area contributed by atoms with Crippen molar-refractivity contribution in [3.8, 4) is 0 Å². The number of nitrogens with zero attached hydrogens (tertiary/aromatic N) is 1. The van der Waals surface area contributed by atoms with Gasteiger partial charge in [-0.05, 0) is 42.5 Å². The molecule has 0 aliphatic rings. The molecular weight excluding hydrogens is 358 g/mol. The van der Waals surface area contributed by atoms with Crippen molar-refractivity contribution in [2.24, 2.45) is 0 Å². The third-order valence-electron chi connectivity index (χ3n) is 2.55. The van der Waals surface area contributed by atoms with Crippen LogP contribution in [0.1, 0.15) is 0 Å². The van der Waals surface area contributed by atoms with Crippen molar-refractivity contribution in [3.63, 3.8) is 0 Å². The summed E-state index contributed by atoms with van der Waals surface area (Å²) in [6, 6.07) is 13.9. The average Bonchev–Trinajstić information content (AvgIpc) is 2.73. The molecule has 2 aromatic carbocycles. The Kier molecular flexibility index (Phi) is 3.09. The van der Waals surface area contributed by atoms with Gasteiger partial charge in [-0.1, -0.05) is 31.9 Å². The topological polar surface area (TPSA) is 40.7 Å². The Morgan fingerprint density at radius 2 is 1.67 bits per heavy atom. The Morgan fingerprint density at radius 1 is 0.944 bits per heavy atom. The van der Waals surface area contributed by atoms with Gasteiger partial charge in [0, 0.05) is 14.6 Å². The standard InChI is InChI=1S/C13H9Br2N3/c14-8-1-4-10(5-2-8)16-13-17-11-6-3-9(15)7-12(11)18-13/h1-7H,(H2,16,17,18). The summed E-state index contributed by atoms with van der Waals surface area (Å²) in [5.74, 6) is 0.741. The second-order valence-electron chi connectivity index (χ2n) is 3.88. The molecule has 1 aromatic heterocycles. The normalized spacial score (nSPS) is 10.8. The van der Waals surface area contributed by atoms with E-state index in [-0.39, 0.29) is 0 Å². The molecule has 0 radical (unpaired) electrons. The van der Waals surface area contributed by atoms with Crippen molar-refractivity contribution in [3.05, 3.63) is 51.4 Å². The second kappa shape index (κ2) is 4.74. The summed E-state index contributed by atoms with van der Waals surface area (Å²) in [4.78, 5) is 7.71. The van der Waals surface area contributed by atoms with E-state index in [2.05, 4.69) is 47.1 Å². The van der Waals surface area contributed by atoms with E-state index in [4.69, 9.17) is 0 Å². The van der Waals surface area contributed by atoms with Crippen LogP contribution in [0.3, 0.4) is 0 Å². The maximum atomic E-state index is 4.47. The van der Waals surface area contributed by atoms with Gasteiger partial charge in [0.1, 0.15) is 0 Å². The highest BCUT2D eigenvalue weighted by Crippen LogP contribution is 2.22. The van der Waals surface area contributed by atoms with Crippen LogP contribution in [0.15, 0.2) is 51.4 Å². The molecule has 2 N–H and O–H groups in total. The van der Waals surface area contributed by atoms with E-state index in [1.165, 1.54) is 0 Å². The van der Waals surface area contributed by atoms with E-state index in [0.29, 0.717) is 0 Å². The number of halogens is 2. The van der Waals surface area contributed by atoms with Gasteiger partial charge in [0.25, 0.3) is 0 Å². The molecular formula is C13H9Br2N3. The molecule has 0 spiro atoms. The summed E-state index contributed by atoms with van der Waals surface area (Å²) in [7, 11) is 0. The SMILES string of the molecule is Brc1ccc(Nc2nc3ccc(Br)cc3[nH]2)cc1. The molecule has 0 saturated carbocycles. The van der Waals surface area contributed by atoms with E-state index in [1.807, 2.05) is 42.5 Å². The molecule has 3 nitrogen and oxygen atoms in total. The molecule has 18 heavy (non-hydrogen) atoms. The summed E-state index contributed by atoms with van der Waals surface area (Å²) in [5, 5.41) is 3.24. The highest BCUT2D eigenvalue weighted by atomic mass is 79.9. The van der Waals surface area contributed by atoms with Gasteiger partial charge in [-0.25, -0.2) is 4.98 Å². The number of hydrogen-bond acceptors (Lipinski definition) is 2. The van der Waals surface area contributed by atoms with Gasteiger partial charge in [0.2, 0.25) is 5.95 Å². The number of anilines is 2. The van der Waals surface area contributed by atoms with Gasteiger partial charge in [-0.3, -0.25) is 0 Å². The van der Waals surface area contributed by atoms with E-state index in [9.17, 15) is 0 Å². The van der Waals surface area contributed by atoms with Gasteiger partial charge < -0.3 is 10.3 Å². The van der Waals surface area contributed by atoms with Crippen molar-refractivity contribution in [2.45, 2.75) is 0 Å². The van der Waals surface area contributed by atoms with E-state index in [1.54, 1.807) is 0 Å². The van der Waals surface area contributed by atoms with Crippen LogP contribution in [-0.4, -0.2) is 9.97 Å². The van der Waals surface area contributed by atoms with Crippen LogP contribution < -0.4 is 5.32 Å². The van der Waals surface area contributed by atoms with Crippen molar-refractivity contribution in [1.29, 1.82) is 0 Å². The number of aromatic nitrogens is 2. The highest BCUT2D eigenvalue weighted by Gasteiger charge is 2.03. The first-order valence-electron chi connectivity index (χ1n) is 5.38. The number of H-pyrrole nitrogens is 1. The van der Waals surface area contributed by atoms with Gasteiger partial charge >= 0.3 is 0 Å². The zero-order valence-electron chi connectivity index (χ0n) is 9.24. The minimum atomic E-state index is 0.741. The Labute approximate surface area is 121 Å². The summed E-state index contributed by atoms with van der Waals surface area (Å²) < 4.78 is 2.09. The molecule has 90 valence electrons. The number of benzene rings is 2. The van der Waals surface area contributed by atoms with Crippen LogP contribution >= 0.6 is 31.9 Å². The van der Waals surface area contributed by atoms with Crippen molar-refractivity contribution in [2.75, 3.05) is 5.32 Å². The van der Waals surface area contributed by atoms with E-state index >= 15 is 0 Å². The quantitative estimate of drug-likeness (QED) is 0.681. The Morgan fingerprint density at radius 3 is 2.44 bits per heavy atom. The summed E-state index contributed by atoms with van der Waals surface area (Å²) in [6.07, 6.45) is 0. The zero-order valence-corrected chi connectivity index (χ0v) is 12.4. The van der Waals surface area contributed by atoms with Crippen molar-refractivity contribution < 1.29 is 0 Å². The minimum absolute atomic E-state index is 0.741. The molecule has 0 atom stereocenters. The smallest absolute Gasteiger partial charge is 0.205 e. The Bertz CT molecular complexity index is 689. The first-order chi connectivity index (χ1) is 8.70. The fourth-order valence-corrected chi connectivity index (χ4v) is 2.34. The minimum Gasteiger partial charge on any atom is -0.326 e. The lowest BCUT2D eigenvalue weighted by molar-refractivity contribution is 1.31. The number of rotatable bonds is 2. The van der Waals surface area contributed by atoms with Gasteiger partial charge in [-0.2, -0.15) is 0 Å². The third kappa shape index (κ3) is 2.42. The fourth-order valence-electron chi connectivity index (χ4n) is 1.71. The number of hydrogen-bond donors (Lipinski definition) is 2. The predicted molar refractivity (Wildman–Crippen MR) is 81.2 cm³/mol. The van der Waals surface area contributed by atoms with Crippen LogP contribution in [0.5, 0.6) is 0 Å². The number of aromatic amines is 1. The molecule has 0 fully saturated rings. The van der Waals surface area contributed by atoms with Gasteiger partial charge in [-0.15, -0.1) is 0 Å². The zero-order chi connectivity index (χ0) is 12.5. The molecule has 3 rings (SSSR count). The molecule has 0 bridgehead atoms. The van der Waals surface area contributed by atoms with E-state index in [0.717, 1.165) is 31.6 Å². The number of nitrogens with one attached hydrogen (secondary N) is 2.